The molecule has 5 nitrogen and oxygen atoms in total. The fraction of sp³-hybridized carbons (Fsp3) is 0.667. The van der Waals surface area contributed by atoms with Gasteiger partial charge in [-0.1, -0.05) is 6.92 Å². The molecule has 0 radical (unpaired) electrons. The lowest BCUT2D eigenvalue weighted by molar-refractivity contribution is 0.0576. The van der Waals surface area contributed by atoms with E-state index in [-0.39, 0.29) is 5.91 Å². The van der Waals surface area contributed by atoms with Crippen LogP contribution in [0.2, 0.25) is 0 Å². The van der Waals surface area contributed by atoms with Crippen molar-refractivity contribution in [2.45, 2.75) is 52.0 Å². The van der Waals surface area contributed by atoms with Gasteiger partial charge in [0, 0.05) is 12.6 Å². The lowest BCUT2D eigenvalue weighted by Gasteiger charge is -2.38. The van der Waals surface area contributed by atoms with E-state index in [1.165, 1.54) is 6.42 Å². The Morgan fingerprint density at radius 1 is 1.45 bits per heavy atom. The lowest BCUT2D eigenvalue weighted by Crippen LogP contribution is -2.45. The molecule has 1 amide bonds. The first-order valence-corrected chi connectivity index (χ1v) is 7.51. The van der Waals surface area contributed by atoms with Gasteiger partial charge in [0.15, 0.2) is 0 Å². The summed E-state index contributed by atoms with van der Waals surface area (Å²) >= 11 is 0. The molecule has 1 aromatic heterocycles. The Morgan fingerprint density at radius 3 is 2.75 bits per heavy atom. The summed E-state index contributed by atoms with van der Waals surface area (Å²) in [6.45, 7) is 5.23. The molecule has 1 fully saturated rings. The summed E-state index contributed by atoms with van der Waals surface area (Å²) in [7, 11) is 0. The van der Waals surface area contributed by atoms with E-state index in [1.807, 2.05) is 24.8 Å². The molecule has 1 aromatic rings. The molecule has 2 N–H and O–H groups in total. The summed E-state index contributed by atoms with van der Waals surface area (Å²) in [5, 5.41) is 8.21. The van der Waals surface area contributed by atoms with E-state index in [4.69, 9.17) is 5.73 Å². The minimum Gasteiger partial charge on any atom is -0.336 e. The molecule has 0 saturated heterocycles. The highest BCUT2D eigenvalue weighted by molar-refractivity contribution is 5.95. The van der Waals surface area contributed by atoms with Crippen molar-refractivity contribution in [3.63, 3.8) is 0 Å². The van der Waals surface area contributed by atoms with Crippen molar-refractivity contribution in [1.29, 1.82) is 0 Å². The van der Waals surface area contributed by atoms with Gasteiger partial charge in [-0.05, 0) is 51.6 Å². The predicted octanol–water partition coefficient (Wildman–Crippen LogP) is 1.69. The molecule has 2 rings (SSSR count). The average Bonchev–Trinajstić information content (AvgIpc) is 2.40. The van der Waals surface area contributed by atoms with Crippen molar-refractivity contribution in [1.82, 2.24) is 15.1 Å². The summed E-state index contributed by atoms with van der Waals surface area (Å²) in [5.41, 5.74) is 7.89. The maximum atomic E-state index is 12.8. The molecule has 5 heteroatoms. The van der Waals surface area contributed by atoms with E-state index in [0.717, 1.165) is 43.6 Å². The van der Waals surface area contributed by atoms with E-state index < -0.39 is 0 Å². The number of nitrogens with zero attached hydrogens (tertiary/aromatic N) is 3. The second kappa shape index (κ2) is 6.79. The smallest absolute Gasteiger partial charge is 0.256 e. The van der Waals surface area contributed by atoms with E-state index in [9.17, 15) is 4.79 Å². The molecular formula is C15H24N4O. The van der Waals surface area contributed by atoms with Crippen molar-refractivity contribution in [3.05, 3.63) is 23.0 Å². The van der Waals surface area contributed by atoms with Crippen molar-refractivity contribution >= 4 is 5.91 Å². The van der Waals surface area contributed by atoms with Crippen LogP contribution in [-0.4, -0.2) is 40.1 Å². The zero-order valence-corrected chi connectivity index (χ0v) is 12.4. The largest absolute Gasteiger partial charge is 0.336 e. The molecule has 1 aliphatic rings. The molecule has 110 valence electrons. The Bertz CT molecular complexity index is 471. The first-order chi connectivity index (χ1) is 9.67. The molecule has 0 bridgehead atoms. The summed E-state index contributed by atoms with van der Waals surface area (Å²) in [6.07, 6.45) is 5.00. The summed E-state index contributed by atoms with van der Waals surface area (Å²) in [5.74, 6) is 0.0954. The van der Waals surface area contributed by atoms with Gasteiger partial charge in [-0.15, -0.1) is 0 Å². The second-order valence-corrected chi connectivity index (χ2v) is 5.43. The Labute approximate surface area is 120 Å². The third-order valence-electron chi connectivity index (χ3n) is 3.94. The van der Waals surface area contributed by atoms with E-state index in [0.29, 0.717) is 18.2 Å². The van der Waals surface area contributed by atoms with Gasteiger partial charge >= 0.3 is 0 Å². The highest BCUT2D eigenvalue weighted by Crippen LogP contribution is 2.27. The number of hydrogen-bond acceptors (Lipinski definition) is 4. The summed E-state index contributed by atoms with van der Waals surface area (Å²) in [4.78, 5) is 14.8. The van der Waals surface area contributed by atoms with Gasteiger partial charge < -0.3 is 10.6 Å². The van der Waals surface area contributed by atoms with Crippen molar-refractivity contribution in [2.75, 3.05) is 13.1 Å². The van der Waals surface area contributed by atoms with Gasteiger partial charge in [0.1, 0.15) is 0 Å². The van der Waals surface area contributed by atoms with Crippen LogP contribution in [0.15, 0.2) is 6.07 Å². The third kappa shape index (κ3) is 3.15. The van der Waals surface area contributed by atoms with Crippen LogP contribution in [0.4, 0.5) is 0 Å². The third-order valence-corrected chi connectivity index (χ3v) is 3.94. The second-order valence-electron chi connectivity index (χ2n) is 5.43. The molecule has 1 saturated carbocycles. The monoisotopic (exact) mass is 276 g/mol. The number of amides is 1. The molecule has 0 spiro atoms. The fourth-order valence-electron chi connectivity index (χ4n) is 2.53. The van der Waals surface area contributed by atoms with Gasteiger partial charge in [-0.3, -0.25) is 4.79 Å². The Hall–Kier alpha value is -1.49. The van der Waals surface area contributed by atoms with Crippen LogP contribution in [0.25, 0.3) is 0 Å². The van der Waals surface area contributed by atoms with Crippen LogP contribution in [0.5, 0.6) is 0 Å². The fourth-order valence-corrected chi connectivity index (χ4v) is 2.53. The van der Waals surface area contributed by atoms with E-state index in [2.05, 4.69) is 10.2 Å². The molecule has 20 heavy (non-hydrogen) atoms. The van der Waals surface area contributed by atoms with E-state index >= 15 is 0 Å². The maximum Gasteiger partial charge on any atom is 0.256 e. The zero-order valence-electron chi connectivity index (χ0n) is 12.4. The Morgan fingerprint density at radius 2 is 2.20 bits per heavy atom. The van der Waals surface area contributed by atoms with Crippen LogP contribution >= 0.6 is 0 Å². The maximum absolute atomic E-state index is 12.8. The summed E-state index contributed by atoms with van der Waals surface area (Å²) in [6, 6.07) is 2.25. The van der Waals surface area contributed by atoms with Gasteiger partial charge in [0.05, 0.1) is 17.0 Å². The summed E-state index contributed by atoms with van der Waals surface area (Å²) < 4.78 is 0. The number of carbonyl (C=O) groups is 1. The van der Waals surface area contributed by atoms with Crippen LogP contribution in [-0.2, 0) is 6.42 Å². The number of nitrogens with two attached hydrogens (primary N) is 1. The number of hydrogen-bond donors (Lipinski definition) is 1. The first-order valence-electron chi connectivity index (χ1n) is 7.51. The highest BCUT2D eigenvalue weighted by atomic mass is 16.2. The predicted molar refractivity (Wildman–Crippen MR) is 78.5 cm³/mol. The highest BCUT2D eigenvalue weighted by Gasteiger charge is 2.30. The molecule has 1 aliphatic carbocycles. The van der Waals surface area contributed by atoms with Gasteiger partial charge in [-0.25, -0.2) is 0 Å². The molecule has 0 atom stereocenters. The van der Waals surface area contributed by atoms with Crippen molar-refractivity contribution < 1.29 is 4.79 Å². The van der Waals surface area contributed by atoms with Crippen LogP contribution in [0.1, 0.15) is 54.4 Å². The molecule has 1 heterocycles. The minimum absolute atomic E-state index is 0.0954. The normalized spacial score (nSPS) is 14.9. The van der Waals surface area contributed by atoms with Gasteiger partial charge in [0.25, 0.3) is 5.91 Å². The number of carbonyl (C=O) groups excluding carboxylic acids is 1. The molecular weight excluding hydrogens is 252 g/mol. The standard InChI is InChI=1S/C15H24N4O/c1-3-14-13(10-11(2)17-18-14)15(20)19(9-5-8-16)12-6-4-7-12/h10,12H,3-9,16H2,1-2H3. The van der Waals surface area contributed by atoms with E-state index in [1.54, 1.807) is 0 Å². The topological polar surface area (TPSA) is 72.1 Å². The molecule has 0 unspecified atom stereocenters. The van der Waals surface area contributed by atoms with Crippen LogP contribution in [0, 0.1) is 6.92 Å². The Kier molecular flexibility index (Phi) is 5.06. The van der Waals surface area contributed by atoms with Crippen LogP contribution < -0.4 is 5.73 Å². The lowest BCUT2D eigenvalue weighted by atomic mass is 9.90. The average molecular weight is 276 g/mol. The number of aryl methyl sites for hydroxylation is 2. The van der Waals surface area contributed by atoms with Gasteiger partial charge in [0.2, 0.25) is 0 Å². The number of rotatable bonds is 6. The van der Waals surface area contributed by atoms with Crippen LogP contribution in [0.3, 0.4) is 0 Å². The Balaban J connectivity index is 2.23. The number of aromatic nitrogens is 2. The van der Waals surface area contributed by atoms with Crippen molar-refractivity contribution in [3.8, 4) is 0 Å². The van der Waals surface area contributed by atoms with Gasteiger partial charge in [-0.2, -0.15) is 10.2 Å². The quantitative estimate of drug-likeness (QED) is 0.858. The molecule has 0 aliphatic heterocycles. The SMILES string of the molecule is CCc1nnc(C)cc1C(=O)N(CCCN)C1CCC1. The minimum atomic E-state index is 0.0954. The zero-order chi connectivity index (χ0) is 14.5. The van der Waals surface area contributed by atoms with Crippen molar-refractivity contribution in [2.24, 2.45) is 5.73 Å². The first kappa shape index (κ1) is 14.9. The molecule has 0 aromatic carbocycles.